The zero-order valence-electron chi connectivity index (χ0n) is 10.5. The van der Waals surface area contributed by atoms with E-state index in [1.54, 1.807) is 0 Å². The highest BCUT2D eigenvalue weighted by Crippen LogP contribution is 2.14. The summed E-state index contributed by atoms with van der Waals surface area (Å²) in [5.41, 5.74) is -1.69. The van der Waals surface area contributed by atoms with Crippen LogP contribution in [-0.2, 0) is 6.42 Å². The normalized spacial score (nSPS) is 10.8. The van der Waals surface area contributed by atoms with Crippen molar-refractivity contribution < 1.29 is 8.78 Å². The third kappa shape index (κ3) is 2.51. The number of aromatic nitrogens is 2. The second-order valence-corrected chi connectivity index (χ2v) is 4.59. The maximum atomic E-state index is 13.7. The zero-order valence-corrected chi connectivity index (χ0v) is 11.3. The number of nitrogens with zero attached hydrogens (tertiary/aromatic N) is 1. The molecule has 4 nitrogen and oxygen atoms in total. The Morgan fingerprint density at radius 3 is 2.60 bits per heavy atom. The molecule has 0 fully saturated rings. The van der Waals surface area contributed by atoms with Crippen LogP contribution in [0.25, 0.3) is 5.69 Å². The number of benzene rings is 1. The summed E-state index contributed by atoms with van der Waals surface area (Å²) in [6.45, 7) is 1.84. The van der Waals surface area contributed by atoms with Crippen molar-refractivity contribution in [1.29, 1.82) is 0 Å². The Hall–Kier alpha value is -1.95. The molecule has 0 atom stereocenters. The summed E-state index contributed by atoms with van der Waals surface area (Å²) in [5.74, 6) is -1.79. The lowest BCUT2D eigenvalue weighted by molar-refractivity contribution is 0.574. The number of nitrogens with one attached hydrogen (secondary N) is 1. The first-order valence-electron chi connectivity index (χ1n) is 5.94. The lowest BCUT2D eigenvalue weighted by Crippen LogP contribution is -2.36. The molecule has 1 aromatic carbocycles. The van der Waals surface area contributed by atoms with Crippen LogP contribution in [0.1, 0.15) is 18.9 Å². The molecule has 2 aromatic rings. The molecule has 7 heteroatoms. The Kier molecular flexibility index (Phi) is 4.04. The second-order valence-electron chi connectivity index (χ2n) is 4.21. The largest absolute Gasteiger partial charge is 0.334 e. The summed E-state index contributed by atoms with van der Waals surface area (Å²) in [4.78, 5) is 26.3. The average Bonchev–Trinajstić information content (AvgIpc) is 2.37. The van der Waals surface area contributed by atoms with Gasteiger partial charge in [-0.1, -0.05) is 24.9 Å². The van der Waals surface area contributed by atoms with Crippen LogP contribution >= 0.6 is 11.6 Å². The number of rotatable bonds is 3. The molecule has 1 N–H and O–H groups in total. The van der Waals surface area contributed by atoms with Crippen LogP contribution in [0.15, 0.2) is 27.8 Å². The van der Waals surface area contributed by atoms with Gasteiger partial charge >= 0.3 is 5.69 Å². The SMILES string of the molecule is CCCc1c(Cl)[nH]c(=O)n(-c2ccc(F)cc2F)c1=O. The summed E-state index contributed by atoms with van der Waals surface area (Å²) in [6, 6.07) is 2.61. The number of H-pyrrole nitrogens is 1. The molecule has 0 saturated carbocycles. The van der Waals surface area contributed by atoms with Crippen molar-refractivity contribution in [3.8, 4) is 5.69 Å². The third-order valence-corrected chi connectivity index (χ3v) is 3.12. The molecule has 0 unspecified atom stereocenters. The van der Waals surface area contributed by atoms with Gasteiger partial charge in [0, 0.05) is 6.07 Å². The molecule has 20 heavy (non-hydrogen) atoms. The Morgan fingerprint density at radius 2 is 2.00 bits per heavy atom. The van der Waals surface area contributed by atoms with Crippen LogP contribution < -0.4 is 11.2 Å². The van der Waals surface area contributed by atoms with Gasteiger partial charge in [-0.3, -0.25) is 9.78 Å². The molecule has 0 radical (unpaired) electrons. The first kappa shape index (κ1) is 14.5. The Morgan fingerprint density at radius 1 is 1.30 bits per heavy atom. The van der Waals surface area contributed by atoms with Crippen molar-refractivity contribution in [3.05, 3.63) is 61.4 Å². The summed E-state index contributed by atoms with van der Waals surface area (Å²) < 4.78 is 27.2. The van der Waals surface area contributed by atoms with E-state index in [-0.39, 0.29) is 16.4 Å². The van der Waals surface area contributed by atoms with Crippen molar-refractivity contribution in [3.63, 3.8) is 0 Å². The number of aromatic amines is 1. The van der Waals surface area contributed by atoms with Gasteiger partial charge in [0.25, 0.3) is 5.56 Å². The van der Waals surface area contributed by atoms with Crippen LogP contribution in [0.4, 0.5) is 8.78 Å². The van der Waals surface area contributed by atoms with E-state index in [1.165, 1.54) is 0 Å². The van der Waals surface area contributed by atoms with E-state index >= 15 is 0 Å². The molecule has 2 rings (SSSR count). The van der Waals surface area contributed by atoms with E-state index in [2.05, 4.69) is 4.98 Å². The van der Waals surface area contributed by atoms with Gasteiger partial charge in [-0.25, -0.2) is 18.1 Å². The fourth-order valence-corrected chi connectivity index (χ4v) is 2.15. The quantitative estimate of drug-likeness (QED) is 0.885. The molecule has 0 aliphatic carbocycles. The smallest absolute Gasteiger partial charge is 0.297 e. The fourth-order valence-electron chi connectivity index (χ4n) is 1.89. The van der Waals surface area contributed by atoms with Gasteiger partial charge < -0.3 is 0 Å². The van der Waals surface area contributed by atoms with Crippen molar-refractivity contribution in [1.82, 2.24) is 9.55 Å². The topological polar surface area (TPSA) is 54.9 Å². The predicted octanol–water partition coefficient (Wildman–Crippen LogP) is 2.41. The molecular formula is C13H11ClF2N2O2. The number of hydrogen-bond donors (Lipinski definition) is 1. The highest BCUT2D eigenvalue weighted by molar-refractivity contribution is 6.30. The highest BCUT2D eigenvalue weighted by atomic mass is 35.5. The number of hydrogen-bond acceptors (Lipinski definition) is 2. The van der Waals surface area contributed by atoms with Crippen molar-refractivity contribution in [2.45, 2.75) is 19.8 Å². The van der Waals surface area contributed by atoms with Crippen molar-refractivity contribution in [2.24, 2.45) is 0 Å². The third-order valence-electron chi connectivity index (χ3n) is 2.80. The van der Waals surface area contributed by atoms with Crippen LogP contribution in [0.2, 0.25) is 5.15 Å². The first-order valence-corrected chi connectivity index (χ1v) is 6.32. The van der Waals surface area contributed by atoms with E-state index in [0.717, 1.165) is 12.1 Å². The molecular weight excluding hydrogens is 290 g/mol. The maximum Gasteiger partial charge on any atom is 0.334 e. The fraction of sp³-hybridized carbons (Fsp3) is 0.231. The van der Waals surface area contributed by atoms with Gasteiger partial charge in [0.1, 0.15) is 16.8 Å². The van der Waals surface area contributed by atoms with E-state index < -0.39 is 22.9 Å². The lowest BCUT2D eigenvalue weighted by Gasteiger charge is -2.09. The highest BCUT2D eigenvalue weighted by Gasteiger charge is 2.16. The molecule has 1 aromatic heterocycles. The van der Waals surface area contributed by atoms with E-state index in [9.17, 15) is 18.4 Å². The van der Waals surface area contributed by atoms with E-state index in [4.69, 9.17) is 11.6 Å². The maximum absolute atomic E-state index is 13.7. The Bertz CT molecular complexity index is 768. The molecule has 0 saturated heterocycles. The van der Waals surface area contributed by atoms with E-state index in [0.29, 0.717) is 23.5 Å². The first-order chi connectivity index (χ1) is 9.45. The molecule has 0 spiro atoms. The van der Waals surface area contributed by atoms with Crippen molar-refractivity contribution in [2.75, 3.05) is 0 Å². The summed E-state index contributed by atoms with van der Waals surface area (Å²) in [7, 11) is 0. The van der Waals surface area contributed by atoms with Gasteiger partial charge in [0.05, 0.1) is 11.3 Å². The second kappa shape index (κ2) is 5.58. The minimum atomic E-state index is -0.998. The van der Waals surface area contributed by atoms with Crippen LogP contribution in [0, 0.1) is 11.6 Å². The van der Waals surface area contributed by atoms with Gasteiger partial charge in [0.15, 0.2) is 0 Å². The summed E-state index contributed by atoms with van der Waals surface area (Å²) in [5, 5.41) is -0.0550. The molecule has 0 aliphatic heterocycles. The lowest BCUT2D eigenvalue weighted by atomic mass is 10.2. The Labute approximate surface area is 117 Å². The summed E-state index contributed by atoms with van der Waals surface area (Å²) in [6.07, 6.45) is 0.976. The van der Waals surface area contributed by atoms with Gasteiger partial charge in [-0.2, -0.15) is 0 Å². The minimum Gasteiger partial charge on any atom is -0.297 e. The van der Waals surface area contributed by atoms with Gasteiger partial charge in [-0.05, 0) is 18.6 Å². The van der Waals surface area contributed by atoms with Gasteiger partial charge in [0.2, 0.25) is 0 Å². The molecule has 0 aliphatic rings. The van der Waals surface area contributed by atoms with Crippen LogP contribution in [-0.4, -0.2) is 9.55 Å². The summed E-state index contributed by atoms with van der Waals surface area (Å²) >= 11 is 5.82. The molecule has 106 valence electrons. The standard InChI is InChI=1S/C13H11ClF2N2O2/c1-2-3-8-11(14)17-13(20)18(12(8)19)10-5-4-7(15)6-9(10)16/h4-6H,2-3H2,1H3,(H,17,20). The van der Waals surface area contributed by atoms with Crippen LogP contribution in [0.3, 0.4) is 0 Å². The molecule has 0 bridgehead atoms. The Balaban J connectivity index is 2.77. The monoisotopic (exact) mass is 300 g/mol. The average molecular weight is 301 g/mol. The van der Waals surface area contributed by atoms with Crippen LogP contribution in [0.5, 0.6) is 0 Å². The molecule has 1 heterocycles. The minimum absolute atomic E-state index is 0.0550. The van der Waals surface area contributed by atoms with E-state index in [1.807, 2.05) is 6.92 Å². The van der Waals surface area contributed by atoms with Crippen molar-refractivity contribution >= 4 is 11.6 Å². The van der Waals surface area contributed by atoms with Gasteiger partial charge in [-0.15, -0.1) is 0 Å². The zero-order chi connectivity index (χ0) is 14.9. The molecule has 0 amide bonds. The predicted molar refractivity (Wildman–Crippen MR) is 71.6 cm³/mol. The number of halogens is 3.